The molecule has 0 atom stereocenters. The second kappa shape index (κ2) is 2.74. The Hall–Kier alpha value is -1.56. The van der Waals surface area contributed by atoms with Gasteiger partial charge >= 0.3 is 0 Å². The average molecular weight is 173 g/mol. The van der Waals surface area contributed by atoms with Crippen molar-refractivity contribution in [2.75, 3.05) is 12.4 Å². The Morgan fingerprint density at radius 2 is 2.31 bits per heavy atom. The lowest BCUT2D eigenvalue weighted by atomic mass is 10.0. The zero-order valence-corrected chi connectivity index (χ0v) is 7.54. The van der Waals surface area contributed by atoms with Gasteiger partial charge in [-0.15, -0.1) is 0 Å². The summed E-state index contributed by atoms with van der Waals surface area (Å²) >= 11 is 0. The van der Waals surface area contributed by atoms with E-state index >= 15 is 0 Å². The summed E-state index contributed by atoms with van der Waals surface area (Å²) in [5.41, 5.74) is 0.841. The molecule has 0 unspecified atom stereocenters. The number of anilines is 1. The van der Waals surface area contributed by atoms with Gasteiger partial charge in [-0.25, -0.2) is 4.98 Å². The van der Waals surface area contributed by atoms with E-state index in [9.17, 15) is 0 Å². The van der Waals surface area contributed by atoms with Crippen LogP contribution in [0.3, 0.4) is 0 Å². The quantitative estimate of drug-likeness (QED) is 0.740. The monoisotopic (exact) mass is 173 g/mol. The van der Waals surface area contributed by atoms with Crippen LogP contribution in [-0.2, 0) is 5.41 Å². The van der Waals surface area contributed by atoms with Gasteiger partial charge in [-0.1, -0.05) is 6.07 Å². The van der Waals surface area contributed by atoms with E-state index in [-0.39, 0.29) is 5.41 Å². The molecule has 0 spiro atoms. The van der Waals surface area contributed by atoms with Gasteiger partial charge in [0.2, 0.25) is 0 Å². The Balaban J connectivity index is 2.29. The molecule has 0 bridgehead atoms. The molecule has 1 aromatic heterocycles. The fourth-order valence-corrected chi connectivity index (χ4v) is 1.41. The van der Waals surface area contributed by atoms with E-state index in [0.717, 1.165) is 24.2 Å². The van der Waals surface area contributed by atoms with Gasteiger partial charge in [-0.2, -0.15) is 5.26 Å². The first-order valence-corrected chi connectivity index (χ1v) is 4.36. The van der Waals surface area contributed by atoms with Gasteiger partial charge in [0.05, 0.1) is 11.5 Å². The predicted molar refractivity (Wildman–Crippen MR) is 50.3 cm³/mol. The van der Waals surface area contributed by atoms with Crippen LogP contribution in [0.1, 0.15) is 18.4 Å². The Bertz CT molecular complexity index is 343. The number of rotatable bonds is 2. The molecule has 0 aliphatic heterocycles. The van der Waals surface area contributed by atoms with Crippen molar-refractivity contribution >= 4 is 5.82 Å². The minimum atomic E-state index is -0.209. The number of hydrogen-bond acceptors (Lipinski definition) is 3. The summed E-state index contributed by atoms with van der Waals surface area (Å²) in [6.07, 6.45) is 3.75. The number of nitrogens with zero attached hydrogens (tertiary/aromatic N) is 2. The first kappa shape index (κ1) is 8.06. The van der Waals surface area contributed by atoms with Crippen molar-refractivity contribution in [3.05, 3.63) is 23.9 Å². The van der Waals surface area contributed by atoms with Crippen LogP contribution < -0.4 is 5.32 Å². The second-order valence-corrected chi connectivity index (χ2v) is 3.38. The lowest BCUT2D eigenvalue weighted by Gasteiger charge is -2.05. The molecule has 3 nitrogen and oxygen atoms in total. The molecule has 0 aromatic carbocycles. The first-order valence-electron chi connectivity index (χ1n) is 4.36. The van der Waals surface area contributed by atoms with Crippen molar-refractivity contribution < 1.29 is 0 Å². The second-order valence-electron chi connectivity index (χ2n) is 3.38. The number of nitriles is 1. The smallest absolute Gasteiger partial charge is 0.125 e. The molecule has 1 fully saturated rings. The molecule has 1 aromatic rings. The van der Waals surface area contributed by atoms with Gasteiger partial charge in [-0.3, -0.25) is 0 Å². The van der Waals surface area contributed by atoms with Crippen LogP contribution in [0, 0.1) is 11.3 Å². The van der Waals surface area contributed by atoms with E-state index in [1.807, 2.05) is 19.2 Å². The van der Waals surface area contributed by atoms with Crippen LogP contribution in [0.4, 0.5) is 5.82 Å². The molecule has 1 N–H and O–H groups in total. The van der Waals surface area contributed by atoms with Crippen LogP contribution >= 0.6 is 0 Å². The lowest BCUT2D eigenvalue weighted by molar-refractivity contribution is 0.897. The van der Waals surface area contributed by atoms with E-state index in [1.165, 1.54) is 0 Å². The first-order chi connectivity index (χ1) is 6.30. The van der Waals surface area contributed by atoms with Gasteiger partial charge in [0.25, 0.3) is 0 Å². The van der Waals surface area contributed by atoms with Crippen molar-refractivity contribution in [3.8, 4) is 6.07 Å². The summed E-state index contributed by atoms with van der Waals surface area (Å²) in [6, 6.07) is 6.24. The highest BCUT2D eigenvalue weighted by molar-refractivity contribution is 5.42. The molecule has 0 radical (unpaired) electrons. The highest BCUT2D eigenvalue weighted by atomic mass is 14.9. The van der Waals surface area contributed by atoms with Crippen LogP contribution in [0.15, 0.2) is 18.3 Å². The van der Waals surface area contributed by atoms with Crippen LogP contribution in [-0.4, -0.2) is 12.0 Å². The Morgan fingerprint density at radius 3 is 2.69 bits per heavy atom. The van der Waals surface area contributed by atoms with E-state index in [0.29, 0.717) is 0 Å². The van der Waals surface area contributed by atoms with Gasteiger partial charge in [0.1, 0.15) is 5.82 Å². The van der Waals surface area contributed by atoms with Crippen molar-refractivity contribution in [2.24, 2.45) is 0 Å². The van der Waals surface area contributed by atoms with Crippen LogP contribution in [0.2, 0.25) is 0 Å². The molecule has 1 aliphatic carbocycles. The van der Waals surface area contributed by atoms with Crippen molar-refractivity contribution in [1.29, 1.82) is 5.26 Å². The van der Waals surface area contributed by atoms with Gasteiger partial charge < -0.3 is 5.32 Å². The summed E-state index contributed by atoms with van der Waals surface area (Å²) in [6.45, 7) is 0. The highest BCUT2D eigenvalue weighted by Gasteiger charge is 2.45. The summed E-state index contributed by atoms with van der Waals surface area (Å²) in [7, 11) is 1.83. The zero-order valence-electron chi connectivity index (χ0n) is 7.54. The number of pyridine rings is 1. The van der Waals surface area contributed by atoms with E-state index in [4.69, 9.17) is 5.26 Å². The van der Waals surface area contributed by atoms with E-state index < -0.39 is 0 Å². The maximum atomic E-state index is 8.94. The molecule has 3 heteroatoms. The van der Waals surface area contributed by atoms with Crippen molar-refractivity contribution in [2.45, 2.75) is 18.3 Å². The molecule has 0 amide bonds. The summed E-state index contributed by atoms with van der Waals surface area (Å²) < 4.78 is 0. The molecule has 1 heterocycles. The topological polar surface area (TPSA) is 48.7 Å². The fraction of sp³-hybridized carbons (Fsp3) is 0.400. The molecular formula is C10H11N3. The number of hydrogen-bond donors (Lipinski definition) is 1. The summed E-state index contributed by atoms with van der Waals surface area (Å²) in [4.78, 5) is 4.19. The summed E-state index contributed by atoms with van der Waals surface area (Å²) in [5, 5.41) is 11.9. The fourth-order valence-electron chi connectivity index (χ4n) is 1.41. The largest absolute Gasteiger partial charge is 0.373 e. The number of aromatic nitrogens is 1. The third kappa shape index (κ3) is 1.25. The van der Waals surface area contributed by atoms with Gasteiger partial charge in [0.15, 0.2) is 0 Å². The lowest BCUT2D eigenvalue weighted by Crippen LogP contribution is -2.03. The molecular weight excluding hydrogens is 162 g/mol. The SMILES string of the molecule is CNc1ccc(C2(C#N)CC2)cn1. The molecule has 2 rings (SSSR count). The third-order valence-corrected chi connectivity index (χ3v) is 2.54. The number of nitrogens with one attached hydrogen (secondary N) is 1. The maximum absolute atomic E-state index is 8.94. The Kier molecular flexibility index (Phi) is 1.70. The molecule has 13 heavy (non-hydrogen) atoms. The highest BCUT2D eigenvalue weighted by Crippen LogP contribution is 2.47. The van der Waals surface area contributed by atoms with Crippen molar-refractivity contribution in [3.63, 3.8) is 0 Å². The maximum Gasteiger partial charge on any atom is 0.125 e. The standard InChI is InChI=1S/C10H11N3/c1-12-9-3-2-8(6-13-9)10(7-11)4-5-10/h2-3,6H,4-5H2,1H3,(H,12,13). The minimum absolute atomic E-state index is 0.209. The van der Waals surface area contributed by atoms with Gasteiger partial charge in [0, 0.05) is 13.2 Å². The predicted octanol–water partition coefficient (Wildman–Crippen LogP) is 1.68. The normalized spacial score (nSPS) is 17.5. The van der Waals surface area contributed by atoms with Crippen LogP contribution in [0.5, 0.6) is 0 Å². The zero-order chi connectivity index (χ0) is 9.31. The van der Waals surface area contributed by atoms with E-state index in [2.05, 4.69) is 16.4 Å². The molecule has 0 saturated heterocycles. The third-order valence-electron chi connectivity index (χ3n) is 2.54. The summed E-state index contributed by atoms with van der Waals surface area (Å²) in [5.74, 6) is 0.845. The molecule has 1 aliphatic rings. The Labute approximate surface area is 77.4 Å². The van der Waals surface area contributed by atoms with Crippen LogP contribution in [0.25, 0.3) is 0 Å². The van der Waals surface area contributed by atoms with Crippen molar-refractivity contribution in [1.82, 2.24) is 4.98 Å². The average Bonchev–Trinajstić information content (AvgIpc) is 2.99. The van der Waals surface area contributed by atoms with Gasteiger partial charge in [-0.05, 0) is 24.5 Å². The molecule has 66 valence electrons. The minimum Gasteiger partial charge on any atom is -0.373 e. The molecule has 1 saturated carbocycles. The Morgan fingerprint density at radius 1 is 1.54 bits per heavy atom. The van der Waals surface area contributed by atoms with E-state index in [1.54, 1.807) is 6.20 Å².